The lowest BCUT2D eigenvalue weighted by molar-refractivity contribution is -0.148. The van der Waals surface area contributed by atoms with Crippen LogP contribution in [0.3, 0.4) is 0 Å². The van der Waals surface area contributed by atoms with Crippen molar-refractivity contribution in [2.24, 2.45) is 0 Å². The van der Waals surface area contributed by atoms with Crippen LogP contribution in [-0.4, -0.2) is 27.6 Å². The van der Waals surface area contributed by atoms with Crippen molar-refractivity contribution >= 4 is 28.4 Å². The minimum Gasteiger partial charge on any atom is -0.475 e. The lowest BCUT2D eigenvalue weighted by atomic mass is 9.99. The first kappa shape index (κ1) is 15.7. The number of carbonyl (C=O) groups excluding carboxylic acids is 2. The number of nitrogens with one attached hydrogen (secondary N) is 1. The van der Waals surface area contributed by atoms with E-state index in [2.05, 4.69) is 4.98 Å². The van der Waals surface area contributed by atoms with Crippen molar-refractivity contribution in [2.75, 3.05) is 0 Å². The monoisotopic (exact) mass is 321 g/mol. The third-order valence-electron chi connectivity index (χ3n) is 3.85. The molecule has 0 fully saturated rings. The Kier molecular flexibility index (Phi) is 4.24. The van der Waals surface area contributed by atoms with Crippen LogP contribution in [0.25, 0.3) is 10.9 Å². The molecule has 1 heterocycles. The molecular formula is C19H15NO4. The van der Waals surface area contributed by atoms with Crippen molar-refractivity contribution in [1.29, 1.82) is 0 Å². The smallest absolute Gasteiger partial charge is 0.372 e. The van der Waals surface area contributed by atoms with E-state index in [-0.39, 0.29) is 0 Å². The molecule has 0 amide bonds. The zero-order valence-corrected chi connectivity index (χ0v) is 12.8. The number of carboxylic acids is 1. The predicted octanol–water partition coefficient (Wildman–Crippen LogP) is 2.99. The van der Waals surface area contributed by atoms with Crippen LogP contribution in [0.5, 0.6) is 0 Å². The first-order valence-corrected chi connectivity index (χ1v) is 7.49. The SMILES string of the molecule is O=C(O)C(=O)CC(=O)c1c(Cc2ccccc2)[nH]c2ccccc12. The van der Waals surface area contributed by atoms with Crippen LogP contribution >= 0.6 is 0 Å². The molecular weight excluding hydrogens is 306 g/mol. The largest absolute Gasteiger partial charge is 0.475 e. The van der Waals surface area contributed by atoms with Crippen LogP contribution in [0.1, 0.15) is 28.0 Å². The summed E-state index contributed by atoms with van der Waals surface area (Å²) >= 11 is 0. The van der Waals surface area contributed by atoms with Gasteiger partial charge in [-0.05, 0) is 11.6 Å². The lowest BCUT2D eigenvalue weighted by Crippen LogP contribution is -2.17. The van der Waals surface area contributed by atoms with Gasteiger partial charge in [0.1, 0.15) is 0 Å². The van der Waals surface area contributed by atoms with Crippen molar-refractivity contribution < 1.29 is 19.5 Å². The van der Waals surface area contributed by atoms with Gasteiger partial charge in [0.05, 0.1) is 6.42 Å². The first-order valence-electron chi connectivity index (χ1n) is 7.49. The van der Waals surface area contributed by atoms with Gasteiger partial charge in [-0.15, -0.1) is 0 Å². The van der Waals surface area contributed by atoms with Crippen LogP contribution in [0.4, 0.5) is 0 Å². The Morgan fingerprint density at radius 1 is 0.917 bits per heavy atom. The Hall–Kier alpha value is -3.21. The number of H-pyrrole nitrogens is 1. The molecule has 3 aromatic rings. The minimum atomic E-state index is -1.59. The number of para-hydroxylation sites is 1. The maximum Gasteiger partial charge on any atom is 0.372 e. The number of fused-ring (bicyclic) bond motifs is 1. The van der Waals surface area contributed by atoms with Crippen LogP contribution in [0, 0.1) is 0 Å². The maximum absolute atomic E-state index is 12.5. The number of benzene rings is 2. The van der Waals surface area contributed by atoms with Gasteiger partial charge in [-0.2, -0.15) is 0 Å². The molecule has 0 aliphatic carbocycles. The third-order valence-corrected chi connectivity index (χ3v) is 3.85. The number of ketones is 2. The van der Waals surface area contributed by atoms with E-state index >= 15 is 0 Å². The van der Waals surface area contributed by atoms with Crippen molar-refractivity contribution in [3.8, 4) is 0 Å². The van der Waals surface area contributed by atoms with Gasteiger partial charge in [-0.25, -0.2) is 4.79 Å². The molecule has 0 atom stereocenters. The number of rotatable bonds is 6. The standard InChI is InChI=1S/C19H15NO4/c21-16(11-17(22)19(23)24)18-13-8-4-5-9-14(13)20-15(18)10-12-6-2-1-3-7-12/h1-9,20H,10-11H2,(H,23,24). The van der Waals surface area contributed by atoms with E-state index < -0.39 is 24.0 Å². The first-order chi connectivity index (χ1) is 11.6. The second kappa shape index (κ2) is 6.50. The highest BCUT2D eigenvalue weighted by atomic mass is 16.4. The van der Waals surface area contributed by atoms with E-state index in [1.807, 2.05) is 42.5 Å². The summed E-state index contributed by atoms with van der Waals surface area (Å²) in [7, 11) is 0. The molecule has 0 aliphatic rings. The zero-order chi connectivity index (χ0) is 17.1. The van der Waals surface area contributed by atoms with Gasteiger partial charge in [0.2, 0.25) is 5.78 Å². The highest BCUT2D eigenvalue weighted by Crippen LogP contribution is 2.26. The summed E-state index contributed by atoms with van der Waals surface area (Å²) in [5, 5.41) is 9.44. The number of aromatic nitrogens is 1. The van der Waals surface area contributed by atoms with Gasteiger partial charge in [-0.1, -0.05) is 48.5 Å². The van der Waals surface area contributed by atoms with Crippen molar-refractivity contribution in [2.45, 2.75) is 12.8 Å². The molecule has 120 valence electrons. The number of aromatic amines is 1. The van der Waals surface area contributed by atoms with Crippen molar-refractivity contribution in [1.82, 2.24) is 4.98 Å². The number of hydrogen-bond acceptors (Lipinski definition) is 3. The van der Waals surface area contributed by atoms with Crippen molar-refractivity contribution in [3.63, 3.8) is 0 Å². The zero-order valence-electron chi connectivity index (χ0n) is 12.8. The summed E-state index contributed by atoms with van der Waals surface area (Å²) in [4.78, 5) is 37.9. The molecule has 5 heteroatoms. The summed E-state index contributed by atoms with van der Waals surface area (Å²) in [6, 6.07) is 16.9. The Bertz CT molecular complexity index is 925. The van der Waals surface area contributed by atoms with Gasteiger partial charge < -0.3 is 10.1 Å². The molecule has 0 radical (unpaired) electrons. The third kappa shape index (κ3) is 3.10. The van der Waals surface area contributed by atoms with E-state index in [1.165, 1.54) is 0 Å². The van der Waals surface area contributed by atoms with Crippen molar-refractivity contribution in [3.05, 3.63) is 71.4 Å². The molecule has 3 rings (SSSR count). The molecule has 2 N–H and O–H groups in total. The molecule has 24 heavy (non-hydrogen) atoms. The number of carbonyl (C=O) groups is 3. The van der Waals surface area contributed by atoms with Crippen LogP contribution < -0.4 is 0 Å². The summed E-state index contributed by atoms with van der Waals surface area (Å²) in [6.45, 7) is 0. The van der Waals surface area contributed by atoms with Gasteiger partial charge >= 0.3 is 5.97 Å². The highest BCUT2D eigenvalue weighted by molar-refractivity contribution is 6.38. The summed E-state index contributed by atoms with van der Waals surface area (Å²) in [5.74, 6) is -3.17. The van der Waals surface area contributed by atoms with Gasteiger partial charge in [0, 0.05) is 28.6 Å². The fourth-order valence-corrected chi connectivity index (χ4v) is 2.76. The average molecular weight is 321 g/mol. The number of Topliss-reactive ketones (excluding diaryl/α,β-unsaturated/α-hetero) is 2. The van der Waals surface area contributed by atoms with E-state index in [0.29, 0.717) is 23.1 Å². The van der Waals surface area contributed by atoms with Crippen LogP contribution in [-0.2, 0) is 16.0 Å². The molecule has 0 saturated carbocycles. The molecule has 0 bridgehead atoms. The average Bonchev–Trinajstić information content (AvgIpc) is 2.93. The molecule has 0 saturated heterocycles. The Morgan fingerprint density at radius 3 is 2.29 bits per heavy atom. The molecule has 2 aromatic carbocycles. The predicted molar refractivity (Wildman–Crippen MR) is 89.1 cm³/mol. The fraction of sp³-hybridized carbons (Fsp3) is 0.105. The summed E-state index contributed by atoms with van der Waals surface area (Å²) in [6.07, 6.45) is -0.142. The fourth-order valence-electron chi connectivity index (χ4n) is 2.76. The molecule has 5 nitrogen and oxygen atoms in total. The van der Waals surface area contributed by atoms with E-state index in [1.54, 1.807) is 12.1 Å². The van der Waals surface area contributed by atoms with E-state index in [9.17, 15) is 14.4 Å². The molecule has 0 unspecified atom stereocenters. The highest BCUT2D eigenvalue weighted by Gasteiger charge is 2.23. The molecule has 1 aromatic heterocycles. The molecule has 0 aliphatic heterocycles. The van der Waals surface area contributed by atoms with Crippen LogP contribution in [0.15, 0.2) is 54.6 Å². The minimum absolute atomic E-state index is 0.393. The summed E-state index contributed by atoms with van der Waals surface area (Å²) < 4.78 is 0. The van der Waals surface area contributed by atoms with Crippen LogP contribution in [0.2, 0.25) is 0 Å². The van der Waals surface area contributed by atoms with E-state index in [4.69, 9.17) is 5.11 Å². The Balaban J connectivity index is 2.03. The maximum atomic E-state index is 12.5. The normalized spacial score (nSPS) is 10.7. The Morgan fingerprint density at radius 2 is 1.58 bits per heavy atom. The topological polar surface area (TPSA) is 87.2 Å². The second-order valence-electron chi connectivity index (χ2n) is 5.51. The van der Waals surface area contributed by atoms with Gasteiger partial charge in [0.15, 0.2) is 5.78 Å². The Labute approximate surface area is 137 Å². The quantitative estimate of drug-likeness (QED) is 0.415. The number of hydrogen-bond donors (Lipinski definition) is 2. The lowest BCUT2D eigenvalue weighted by Gasteiger charge is -2.04. The van der Waals surface area contributed by atoms with Gasteiger partial charge in [0.25, 0.3) is 0 Å². The van der Waals surface area contributed by atoms with E-state index in [0.717, 1.165) is 11.1 Å². The molecule has 0 spiro atoms. The summed E-state index contributed by atoms with van der Waals surface area (Å²) in [5.41, 5.74) is 2.88. The second-order valence-corrected chi connectivity index (χ2v) is 5.51. The van der Waals surface area contributed by atoms with Gasteiger partial charge in [-0.3, -0.25) is 9.59 Å². The number of aliphatic carboxylic acids is 1. The number of carboxylic acid groups (broad SMARTS) is 1.